The molecule has 0 unspecified atom stereocenters. The molecule has 0 saturated carbocycles. The van der Waals surface area contributed by atoms with Crippen LogP contribution in [0.25, 0.3) is 0 Å². The molecule has 2 aromatic carbocycles. The van der Waals surface area contributed by atoms with Gasteiger partial charge in [0.25, 0.3) is 5.69 Å². The first kappa shape index (κ1) is 24.5. The molecule has 0 N–H and O–H groups in total. The zero-order valence-corrected chi connectivity index (χ0v) is 20.0. The fraction of sp³-hybridized carbons (Fsp3) is 0.280. The number of rotatable bonds is 6. The fourth-order valence-corrected chi connectivity index (χ4v) is 4.24. The Hall–Kier alpha value is -4.14. The van der Waals surface area contributed by atoms with E-state index in [0.29, 0.717) is 17.0 Å². The molecule has 1 aliphatic heterocycles. The number of ether oxygens (including phenoxy) is 2. The van der Waals surface area contributed by atoms with Crippen LogP contribution in [-0.2, 0) is 19.1 Å². The third kappa shape index (κ3) is 4.36. The number of non-ortho nitro benzene ring substituents is 1. The van der Waals surface area contributed by atoms with E-state index in [1.807, 2.05) is 43.3 Å². The Balaban J connectivity index is 2.31. The SMILES string of the molecule is COC(=O)C1=C(C)N(c2ccc(N(C)C)cc2)C(C)=C(C(=O)OC)C1c1cccc([N+](=O)[O-])c1. The number of carbonyl (C=O) groups excluding carboxylic acids is 2. The lowest BCUT2D eigenvalue weighted by Gasteiger charge is -2.37. The summed E-state index contributed by atoms with van der Waals surface area (Å²) in [5.41, 5.74) is 3.48. The van der Waals surface area contributed by atoms with Crippen molar-refractivity contribution in [3.8, 4) is 0 Å². The number of allylic oxidation sites excluding steroid dienone is 2. The third-order valence-electron chi connectivity index (χ3n) is 5.88. The molecule has 0 saturated heterocycles. The van der Waals surface area contributed by atoms with Crippen molar-refractivity contribution in [3.05, 3.63) is 86.7 Å². The number of hydrogen-bond donors (Lipinski definition) is 0. The minimum Gasteiger partial charge on any atom is -0.466 e. The Bertz CT molecular complexity index is 1160. The van der Waals surface area contributed by atoms with Gasteiger partial charge >= 0.3 is 11.9 Å². The van der Waals surface area contributed by atoms with Gasteiger partial charge in [-0.15, -0.1) is 0 Å². The predicted octanol–water partition coefficient (Wildman–Crippen LogP) is 4.16. The van der Waals surface area contributed by atoms with E-state index in [1.54, 1.807) is 24.8 Å². The molecule has 178 valence electrons. The number of esters is 2. The number of anilines is 2. The highest BCUT2D eigenvalue weighted by Gasteiger charge is 2.41. The number of nitro groups is 1. The molecule has 0 fully saturated rings. The maximum absolute atomic E-state index is 13.0. The van der Waals surface area contributed by atoms with Crippen LogP contribution in [0.2, 0.25) is 0 Å². The van der Waals surface area contributed by atoms with Gasteiger partial charge in [-0.3, -0.25) is 10.1 Å². The van der Waals surface area contributed by atoms with Gasteiger partial charge < -0.3 is 19.3 Å². The highest BCUT2D eigenvalue weighted by Crippen LogP contribution is 2.45. The van der Waals surface area contributed by atoms with Crippen LogP contribution in [0.5, 0.6) is 0 Å². The van der Waals surface area contributed by atoms with Gasteiger partial charge in [0, 0.05) is 49.0 Å². The second-order valence-electron chi connectivity index (χ2n) is 8.01. The summed E-state index contributed by atoms with van der Waals surface area (Å²) in [4.78, 5) is 40.7. The van der Waals surface area contributed by atoms with Crippen molar-refractivity contribution in [2.75, 3.05) is 38.1 Å². The van der Waals surface area contributed by atoms with Gasteiger partial charge in [-0.2, -0.15) is 0 Å². The lowest BCUT2D eigenvalue weighted by Crippen LogP contribution is -2.35. The van der Waals surface area contributed by atoms with Gasteiger partial charge in [0.1, 0.15) is 0 Å². The Morgan fingerprint density at radius 1 is 0.941 bits per heavy atom. The second kappa shape index (κ2) is 9.78. The summed E-state index contributed by atoms with van der Waals surface area (Å²) in [6.07, 6.45) is 0. The quantitative estimate of drug-likeness (QED) is 0.356. The maximum atomic E-state index is 13.0. The molecule has 1 aliphatic rings. The molecule has 3 rings (SSSR count). The number of nitrogens with zero attached hydrogens (tertiary/aromatic N) is 3. The van der Waals surface area contributed by atoms with Crippen LogP contribution in [0.3, 0.4) is 0 Å². The highest BCUT2D eigenvalue weighted by atomic mass is 16.6. The van der Waals surface area contributed by atoms with Crippen molar-refractivity contribution in [3.63, 3.8) is 0 Å². The van der Waals surface area contributed by atoms with Crippen molar-refractivity contribution in [1.82, 2.24) is 0 Å². The molecular weight excluding hydrogens is 438 g/mol. The van der Waals surface area contributed by atoms with Crippen LogP contribution in [-0.4, -0.2) is 45.2 Å². The van der Waals surface area contributed by atoms with E-state index in [2.05, 4.69) is 0 Å². The molecule has 0 aliphatic carbocycles. The van der Waals surface area contributed by atoms with Crippen molar-refractivity contribution >= 4 is 29.0 Å². The summed E-state index contributed by atoms with van der Waals surface area (Å²) in [6.45, 7) is 3.52. The summed E-state index contributed by atoms with van der Waals surface area (Å²) < 4.78 is 10.2. The molecule has 34 heavy (non-hydrogen) atoms. The Morgan fingerprint density at radius 2 is 1.47 bits per heavy atom. The number of nitro benzene ring substituents is 1. The van der Waals surface area contributed by atoms with E-state index in [4.69, 9.17) is 9.47 Å². The zero-order valence-electron chi connectivity index (χ0n) is 20.0. The summed E-state index contributed by atoms with van der Waals surface area (Å²) in [6, 6.07) is 13.5. The summed E-state index contributed by atoms with van der Waals surface area (Å²) in [5, 5.41) is 11.4. The molecule has 0 bridgehead atoms. The molecule has 9 heteroatoms. The lowest BCUT2D eigenvalue weighted by atomic mass is 9.79. The molecule has 1 heterocycles. The Labute approximate surface area is 198 Å². The van der Waals surface area contributed by atoms with Crippen molar-refractivity contribution in [1.29, 1.82) is 0 Å². The van der Waals surface area contributed by atoms with Crippen LogP contribution < -0.4 is 9.80 Å². The fourth-order valence-electron chi connectivity index (χ4n) is 4.24. The topological polar surface area (TPSA) is 102 Å². The minimum absolute atomic E-state index is 0.150. The van der Waals surface area contributed by atoms with Crippen molar-refractivity contribution in [2.45, 2.75) is 19.8 Å². The molecule has 0 spiro atoms. The molecular formula is C25H27N3O6. The van der Waals surface area contributed by atoms with Crippen LogP contribution in [0.1, 0.15) is 25.3 Å². The number of hydrogen-bond acceptors (Lipinski definition) is 8. The van der Waals surface area contributed by atoms with Gasteiger partial charge in [0.15, 0.2) is 0 Å². The standard InChI is InChI=1S/C25H27N3O6/c1-15-21(24(29)33-5)23(17-8-7-9-20(14-17)28(31)32)22(25(30)34-6)16(2)27(15)19-12-10-18(11-13-19)26(3)4/h7-14,23H,1-6H3. The monoisotopic (exact) mass is 465 g/mol. The lowest BCUT2D eigenvalue weighted by molar-refractivity contribution is -0.384. The van der Waals surface area contributed by atoms with Gasteiger partial charge in [-0.25, -0.2) is 9.59 Å². The number of benzene rings is 2. The Kier molecular flexibility index (Phi) is 7.05. The van der Waals surface area contributed by atoms with Crippen molar-refractivity contribution < 1.29 is 24.0 Å². The summed E-state index contributed by atoms with van der Waals surface area (Å²) in [5.74, 6) is -2.19. The average Bonchev–Trinajstić information content (AvgIpc) is 2.83. The normalized spacial score (nSPS) is 14.2. The maximum Gasteiger partial charge on any atom is 0.336 e. The predicted molar refractivity (Wildman–Crippen MR) is 129 cm³/mol. The van der Waals surface area contributed by atoms with Gasteiger partial charge in [-0.1, -0.05) is 12.1 Å². The first-order valence-corrected chi connectivity index (χ1v) is 10.5. The number of carbonyl (C=O) groups is 2. The highest BCUT2D eigenvalue weighted by molar-refractivity contribution is 6.01. The minimum atomic E-state index is -0.905. The van der Waals surface area contributed by atoms with E-state index in [-0.39, 0.29) is 16.8 Å². The summed E-state index contributed by atoms with van der Waals surface area (Å²) >= 11 is 0. The first-order chi connectivity index (χ1) is 16.1. The van der Waals surface area contributed by atoms with Crippen LogP contribution in [0, 0.1) is 10.1 Å². The molecule has 0 amide bonds. The second-order valence-corrected chi connectivity index (χ2v) is 8.01. The average molecular weight is 466 g/mol. The van der Waals surface area contributed by atoms with Gasteiger partial charge in [0.2, 0.25) is 0 Å². The van der Waals surface area contributed by atoms with Crippen LogP contribution in [0.4, 0.5) is 17.1 Å². The molecule has 0 atom stereocenters. The van der Waals surface area contributed by atoms with Crippen LogP contribution in [0.15, 0.2) is 71.1 Å². The van der Waals surface area contributed by atoms with E-state index >= 15 is 0 Å². The van der Waals surface area contributed by atoms with Gasteiger partial charge in [-0.05, 0) is 43.7 Å². The number of methoxy groups -OCH3 is 2. The smallest absolute Gasteiger partial charge is 0.336 e. The molecule has 0 radical (unpaired) electrons. The largest absolute Gasteiger partial charge is 0.466 e. The summed E-state index contributed by atoms with van der Waals surface area (Å²) in [7, 11) is 6.37. The van der Waals surface area contributed by atoms with E-state index in [1.165, 1.54) is 32.4 Å². The van der Waals surface area contributed by atoms with Gasteiger partial charge in [0.05, 0.1) is 36.2 Å². The molecule has 0 aromatic heterocycles. The zero-order chi connectivity index (χ0) is 25.2. The molecule has 9 nitrogen and oxygen atoms in total. The Morgan fingerprint density at radius 3 is 1.91 bits per heavy atom. The first-order valence-electron chi connectivity index (χ1n) is 10.5. The third-order valence-corrected chi connectivity index (χ3v) is 5.88. The van der Waals surface area contributed by atoms with E-state index < -0.39 is 22.8 Å². The van der Waals surface area contributed by atoms with Crippen LogP contribution >= 0.6 is 0 Å². The van der Waals surface area contributed by atoms with E-state index in [0.717, 1.165) is 11.4 Å². The van der Waals surface area contributed by atoms with E-state index in [9.17, 15) is 19.7 Å². The molecule has 2 aromatic rings. The van der Waals surface area contributed by atoms with Crippen molar-refractivity contribution in [2.24, 2.45) is 0 Å².